The van der Waals surface area contributed by atoms with Gasteiger partial charge in [-0.3, -0.25) is 14.4 Å². The van der Waals surface area contributed by atoms with E-state index in [4.69, 9.17) is 11.6 Å². The number of nitrogens with zero attached hydrogens (tertiary/aromatic N) is 5. The van der Waals surface area contributed by atoms with Crippen molar-refractivity contribution in [2.75, 3.05) is 26.2 Å². The SMILES string of the molecule is Cc1nn(C)c(C)c1CCC(=O)N1CCN(Cc2ccc(Cl)nc2)CC1. The molecule has 7 heteroatoms. The molecule has 0 spiro atoms. The van der Waals surface area contributed by atoms with Crippen molar-refractivity contribution >= 4 is 17.5 Å². The van der Waals surface area contributed by atoms with Gasteiger partial charge in [-0.15, -0.1) is 0 Å². The zero-order valence-electron chi connectivity index (χ0n) is 15.7. The highest BCUT2D eigenvalue weighted by atomic mass is 35.5. The first kappa shape index (κ1) is 18.9. The van der Waals surface area contributed by atoms with Gasteiger partial charge in [0, 0.05) is 58.1 Å². The molecule has 1 saturated heterocycles. The average molecular weight is 376 g/mol. The first-order valence-electron chi connectivity index (χ1n) is 9.03. The van der Waals surface area contributed by atoms with Gasteiger partial charge in [-0.25, -0.2) is 4.98 Å². The Balaban J connectivity index is 1.46. The van der Waals surface area contributed by atoms with Crippen molar-refractivity contribution in [3.8, 4) is 0 Å². The number of amides is 1. The smallest absolute Gasteiger partial charge is 0.222 e. The van der Waals surface area contributed by atoms with Gasteiger partial charge >= 0.3 is 0 Å². The van der Waals surface area contributed by atoms with E-state index in [2.05, 4.69) is 21.9 Å². The summed E-state index contributed by atoms with van der Waals surface area (Å²) >= 11 is 5.83. The van der Waals surface area contributed by atoms with Crippen LogP contribution in [0.15, 0.2) is 18.3 Å². The van der Waals surface area contributed by atoms with Crippen molar-refractivity contribution in [1.29, 1.82) is 0 Å². The van der Waals surface area contributed by atoms with E-state index in [1.54, 1.807) is 0 Å². The number of hydrogen-bond acceptors (Lipinski definition) is 4. The minimum absolute atomic E-state index is 0.237. The van der Waals surface area contributed by atoms with Crippen molar-refractivity contribution in [1.82, 2.24) is 24.6 Å². The van der Waals surface area contributed by atoms with Gasteiger partial charge in [0.1, 0.15) is 5.15 Å². The summed E-state index contributed by atoms with van der Waals surface area (Å²) in [7, 11) is 1.95. The molecule has 26 heavy (non-hydrogen) atoms. The summed E-state index contributed by atoms with van der Waals surface area (Å²) in [5, 5.41) is 4.94. The number of carbonyl (C=O) groups is 1. The normalized spacial score (nSPS) is 15.5. The number of hydrogen-bond donors (Lipinski definition) is 0. The Labute approximate surface area is 159 Å². The molecule has 1 fully saturated rings. The maximum Gasteiger partial charge on any atom is 0.222 e. The second kappa shape index (κ2) is 8.18. The molecule has 140 valence electrons. The summed E-state index contributed by atoms with van der Waals surface area (Å²) in [6, 6.07) is 3.82. The number of rotatable bonds is 5. The molecule has 0 unspecified atom stereocenters. The van der Waals surface area contributed by atoms with Crippen molar-refractivity contribution in [2.24, 2.45) is 7.05 Å². The van der Waals surface area contributed by atoms with E-state index < -0.39 is 0 Å². The Hall–Kier alpha value is -1.92. The lowest BCUT2D eigenvalue weighted by atomic mass is 10.1. The molecule has 2 aromatic rings. The molecule has 0 N–H and O–H groups in total. The molecule has 1 aliphatic rings. The number of halogens is 1. The fraction of sp³-hybridized carbons (Fsp3) is 0.526. The third-order valence-electron chi connectivity index (χ3n) is 5.17. The molecule has 0 aliphatic carbocycles. The van der Waals surface area contributed by atoms with Gasteiger partial charge < -0.3 is 4.90 Å². The number of pyridine rings is 1. The monoisotopic (exact) mass is 375 g/mol. The van der Waals surface area contributed by atoms with Gasteiger partial charge in [-0.2, -0.15) is 5.10 Å². The summed E-state index contributed by atoms with van der Waals surface area (Å²) in [6.45, 7) is 8.26. The molecule has 1 aliphatic heterocycles. The highest BCUT2D eigenvalue weighted by molar-refractivity contribution is 6.29. The van der Waals surface area contributed by atoms with Crippen molar-refractivity contribution in [3.05, 3.63) is 46.0 Å². The minimum atomic E-state index is 0.237. The standard InChI is InChI=1S/C19H26ClN5O/c1-14-17(15(2)23(3)22-14)5-7-19(26)25-10-8-24(9-11-25)13-16-4-6-18(20)21-12-16/h4,6,12H,5,7-11,13H2,1-3H3. The third kappa shape index (κ3) is 4.43. The molecule has 2 aromatic heterocycles. The van der Waals surface area contributed by atoms with E-state index >= 15 is 0 Å². The van der Waals surface area contributed by atoms with Crippen LogP contribution in [-0.2, 0) is 24.8 Å². The van der Waals surface area contributed by atoms with E-state index in [9.17, 15) is 4.79 Å². The van der Waals surface area contributed by atoms with Crippen LogP contribution >= 0.6 is 11.6 Å². The first-order chi connectivity index (χ1) is 12.4. The van der Waals surface area contributed by atoms with Crippen LogP contribution in [-0.4, -0.2) is 56.7 Å². The molecular formula is C19H26ClN5O. The van der Waals surface area contributed by atoms with E-state index in [1.165, 1.54) is 5.56 Å². The van der Waals surface area contributed by atoms with Gasteiger partial charge in [0.2, 0.25) is 5.91 Å². The zero-order valence-corrected chi connectivity index (χ0v) is 16.5. The number of piperazine rings is 1. The molecule has 0 aromatic carbocycles. The van der Waals surface area contributed by atoms with Gasteiger partial charge in [-0.1, -0.05) is 17.7 Å². The fourth-order valence-corrected chi connectivity index (χ4v) is 3.59. The van der Waals surface area contributed by atoms with Crippen molar-refractivity contribution in [3.63, 3.8) is 0 Å². The van der Waals surface area contributed by atoms with Gasteiger partial charge in [0.05, 0.1) is 5.69 Å². The Morgan fingerprint density at radius 2 is 1.92 bits per heavy atom. The minimum Gasteiger partial charge on any atom is -0.340 e. The Bertz CT molecular complexity index is 763. The lowest BCUT2D eigenvalue weighted by Crippen LogP contribution is -2.48. The fourth-order valence-electron chi connectivity index (χ4n) is 3.48. The Morgan fingerprint density at radius 1 is 1.19 bits per heavy atom. The summed E-state index contributed by atoms with van der Waals surface area (Å²) in [5.74, 6) is 0.237. The van der Waals surface area contributed by atoms with Crippen LogP contribution in [0, 0.1) is 13.8 Å². The number of aryl methyl sites for hydroxylation is 2. The highest BCUT2D eigenvalue weighted by Crippen LogP contribution is 2.16. The maximum atomic E-state index is 12.6. The lowest BCUT2D eigenvalue weighted by Gasteiger charge is -2.34. The van der Waals surface area contributed by atoms with Crippen LogP contribution in [0.2, 0.25) is 5.15 Å². The lowest BCUT2D eigenvalue weighted by molar-refractivity contribution is -0.133. The van der Waals surface area contributed by atoms with E-state index in [1.807, 2.05) is 41.9 Å². The molecule has 0 radical (unpaired) electrons. The topological polar surface area (TPSA) is 54.3 Å². The van der Waals surface area contributed by atoms with Gasteiger partial charge in [-0.05, 0) is 37.5 Å². The predicted molar refractivity (Wildman–Crippen MR) is 102 cm³/mol. The van der Waals surface area contributed by atoms with E-state index in [0.29, 0.717) is 11.6 Å². The number of carbonyl (C=O) groups excluding carboxylic acids is 1. The largest absolute Gasteiger partial charge is 0.340 e. The molecule has 6 nitrogen and oxygen atoms in total. The molecule has 3 heterocycles. The second-order valence-electron chi connectivity index (χ2n) is 6.92. The second-order valence-corrected chi connectivity index (χ2v) is 7.31. The summed E-state index contributed by atoms with van der Waals surface area (Å²) in [6.07, 6.45) is 3.13. The predicted octanol–water partition coefficient (Wildman–Crippen LogP) is 2.36. The first-order valence-corrected chi connectivity index (χ1v) is 9.41. The maximum absolute atomic E-state index is 12.6. The number of aromatic nitrogens is 3. The highest BCUT2D eigenvalue weighted by Gasteiger charge is 2.21. The molecule has 0 bridgehead atoms. The molecule has 3 rings (SSSR count). The molecule has 0 atom stereocenters. The van der Waals surface area contributed by atoms with Crippen LogP contribution in [0.4, 0.5) is 0 Å². The van der Waals surface area contributed by atoms with Crippen LogP contribution in [0.25, 0.3) is 0 Å². The third-order valence-corrected chi connectivity index (χ3v) is 5.39. The summed E-state index contributed by atoms with van der Waals surface area (Å²) in [5.41, 5.74) is 4.53. The van der Waals surface area contributed by atoms with Crippen molar-refractivity contribution in [2.45, 2.75) is 33.2 Å². The molecular weight excluding hydrogens is 350 g/mol. The van der Waals surface area contributed by atoms with Crippen molar-refractivity contribution < 1.29 is 4.79 Å². The van der Waals surface area contributed by atoms with Crippen LogP contribution < -0.4 is 0 Å². The van der Waals surface area contributed by atoms with Crippen LogP contribution in [0.1, 0.15) is 28.9 Å². The van der Waals surface area contributed by atoms with Gasteiger partial charge in [0.25, 0.3) is 0 Å². The Morgan fingerprint density at radius 3 is 2.50 bits per heavy atom. The average Bonchev–Trinajstić information content (AvgIpc) is 2.87. The van der Waals surface area contributed by atoms with Crippen LogP contribution in [0.3, 0.4) is 0 Å². The zero-order chi connectivity index (χ0) is 18.7. The van der Waals surface area contributed by atoms with Crippen LogP contribution in [0.5, 0.6) is 0 Å². The quantitative estimate of drug-likeness (QED) is 0.753. The van der Waals surface area contributed by atoms with E-state index in [0.717, 1.165) is 56.1 Å². The van der Waals surface area contributed by atoms with E-state index in [-0.39, 0.29) is 5.91 Å². The Kier molecular flexibility index (Phi) is 5.94. The molecule has 0 saturated carbocycles. The van der Waals surface area contributed by atoms with Gasteiger partial charge in [0.15, 0.2) is 0 Å². The summed E-state index contributed by atoms with van der Waals surface area (Å²) in [4.78, 5) is 21.0. The summed E-state index contributed by atoms with van der Waals surface area (Å²) < 4.78 is 1.89. The molecule has 1 amide bonds.